The summed E-state index contributed by atoms with van der Waals surface area (Å²) in [4.78, 5) is 24.9. The molecule has 0 aliphatic heterocycles. The van der Waals surface area contributed by atoms with Gasteiger partial charge in [-0.05, 0) is 11.8 Å². The summed E-state index contributed by atoms with van der Waals surface area (Å²) >= 11 is 0. The van der Waals surface area contributed by atoms with Crippen LogP contribution in [0, 0.1) is 11.8 Å². The van der Waals surface area contributed by atoms with Gasteiger partial charge in [0.15, 0.2) is 0 Å². The zero-order valence-electron chi connectivity index (χ0n) is 15.1. The summed E-state index contributed by atoms with van der Waals surface area (Å²) in [5.41, 5.74) is 0.899. The molecule has 0 spiro atoms. The van der Waals surface area contributed by atoms with Gasteiger partial charge >= 0.3 is 11.9 Å². The second kappa shape index (κ2) is 8.51. The lowest BCUT2D eigenvalue weighted by Crippen LogP contribution is -2.16. The fraction of sp³-hybridized carbons (Fsp3) is 0.400. The van der Waals surface area contributed by atoms with Crippen molar-refractivity contribution in [3.63, 3.8) is 0 Å². The van der Waals surface area contributed by atoms with Crippen molar-refractivity contribution in [3.8, 4) is 11.3 Å². The lowest BCUT2D eigenvalue weighted by atomic mass is 10.1. The van der Waals surface area contributed by atoms with Gasteiger partial charge in [-0.3, -0.25) is 0 Å². The smallest absolute Gasteiger partial charge is 0.342 e. The summed E-state index contributed by atoms with van der Waals surface area (Å²) in [5, 5.41) is 0. The first-order valence-electron chi connectivity index (χ1n) is 8.41. The minimum Gasteiger partial charge on any atom is -0.462 e. The van der Waals surface area contributed by atoms with Gasteiger partial charge in [-0.25, -0.2) is 9.59 Å². The van der Waals surface area contributed by atoms with E-state index in [9.17, 15) is 9.59 Å². The highest BCUT2D eigenvalue weighted by Crippen LogP contribution is 2.29. The summed E-state index contributed by atoms with van der Waals surface area (Å²) < 4.78 is 16.1. The van der Waals surface area contributed by atoms with E-state index in [-0.39, 0.29) is 36.2 Å². The Hall–Kier alpha value is -2.56. The van der Waals surface area contributed by atoms with Gasteiger partial charge in [-0.2, -0.15) is 0 Å². The molecule has 0 saturated carbocycles. The molecule has 0 amide bonds. The molecule has 0 N–H and O–H groups in total. The highest BCUT2D eigenvalue weighted by Gasteiger charge is 2.28. The quantitative estimate of drug-likeness (QED) is 0.688. The largest absolute Gasteiger partial charge is 0.462 e. The summed E-state index contributed by atoms with van der Waals surface area (Å²) in [6.07, 6.45) is 1.26. The first-order valence-corrected chi connectivity index (χ1v) is 8.41. The average molecular weight is 344 g/mol. The minimum absolute atomic E-state index is 0.0910. The van der Waals surface area contributed by atoms with Gasteiger partial charge in [-0.15, -0.1) is 0 Å². The molecule has 0 bridgehead atoms. The van der Waals surface area contributed by atoms with Crippen molar-refractivity contribution in [1.82, 2.24) is 0 Å². The lowest BCUT2D eigenvalue weighted by molar-refractivity contribution is 0.0414. The Kier molecular flexibility index (Phi) is 6.39. The zero-order chi connectivity index (χ0) is 18.4. The second-order valence-electron chi connectivity index (χ2n) is 6.70. The van der Waals surface area contributed by atoms with E-state index >= 15 is 0 Å². The normalized spacial score (nSPS) is 11.0. The van der Waals surface area contributed by atoms with Crippen LogP contribution in [0.1, 0.15) is 48.4 Å². The molecule has 0 atom stereocenters. The van der Waals surface area contributed by atoms with Gasteiger partial charge in [0.25, 0.3) is 0 Å². The Morgan fingerprint density at radius 3 is 2.04 bits per heavy atom. The van der Waals surface area contributed by atoms with E-state index in [4.69, 9.17) is 13.9 Å². The molecule has 0 aliphatic carbocycles. The Balaban J connectivity index is 2.37. The lowest BCUT2D eigenvalue weighted by Gasteiger charge is -2.10. The van der Waals surface area contributed by atoms with Gasteiger partial charge in [0, 0.05) is 5.56 Å². The second-order valence-corrected chi connectivity index (χ2v) is 6.70. The first-order chi connectivity index (χ1) is 11.9. The molecule has 0 fully saturated rings. The molecule has 134 valence electrons. The van der Waals surface area contributed by atoms with Crippen molar-refractivity contribution in [2.75, 3.05) is 13.2 Å². The molecule has 1 heterocycles. The van der Waals surface area contributed by atoms with Crippen LogP contribution < -0.4 is 0 Å². The van der Waals surface area contributed by atoms with Gasteiger partial charge in [0.2, 0.25) is 0 Å². The van der Waals surface area contributed by atoms with Crippen molar-refractivity contribution < 1.29 is 23.5 Å². The molecule has 0 aliphatic rings. The number of esters is 2. The highest BCUT2D eigenvalue weighted by atomic mass is 16.5. The van der Waals surface area contributed by atoms with Crippen LogP contribution in [0.15, 0.2) is 41.0 Å². The van der Waals surface area contributed by atoms with Crippen LogP contribution >= 0.6 is 0 Å². The standard InChI is InChI=1S/C20H24O5/c1-13(2)10-24-19(21)16-12-23-18(15-8-6-5-7-9-15)17(16)20(22)25-11-14(3)4/h5-9,12-14H,10-11H2,1-4H3. The van der Waals surface area contributed by atoms with E-state index in [0.717, 1.165) is 0 Å². The van der Waals surface area contributed by atoms with Gasteiger partial charge < -0.3 is 13.9 Å². The Morgan fingerprint density at radius 2 is 1.48 bits per heavy atom. The molecule has 5 nitrogen and oxygen atoms in total. The number of carbonyl (C=O) groups is 2. The summed E-state index contributed by atoms with van der Waals surface area (Å²) in [5.74, 6) is -0.479. The zero-order valence-corrected chi connectivity index (χ0v) is 15.1. The van der Waals surface area contributed by atoms with E-state index in [0.29, 0.717) is 11.3 Å². The average Bonchev–Trinajstić information content (AvgIpc) is 3.03. The van der Waals surface area contributed by atoms with Gasteiger partial charge in [0.05, 0.1) is 13.2 Å². The molecule has 2 aromatic rings. The van der Waals surface area contributed by atoms with Crippen LogP contribution in [0.2, 0.25) is 0 Å². The number of carbonyl (C=O) groups excluding carboxylic acids is 2. The topological polar surface area (TPSA) is 65.7 Å². The van der Waals surface area contributed by atoms with Crippen LogP contribution in [0.5, 0.6) is 0 Å². The molecule has 1 aromatic heterocycles. The molecule has 0 unspecified atom stereocenters. The van der Waals surface area contributed by atoms with Crippen LogP contribution in [0.4, 0.5) is 0 Å². The third-order valence-corrected chi connectivity index (χ3v) is 3.35. The molecule has 25 heavy (non-hydrogen) atoms. The van der Waals surface area contributed by atoms with Gasteiger partial charge in [0.1, 0.15) is 23.2 Å². The third kappa shape index (κ3) is 4.95. The van der Waals surface area contributed by atoms with E-state index in [1.807, 2.05) is 45.9 Å². The number of ether oxygens (including phenoxy) is 2. The van der Waals surface area contributed by atoms with Crippen molar-refractivity contribution in [2.45, 2.75) is 27.7 Å². The van der Waals surface area contributed by atoms with E-state index in [2.05, 4.69) is 0 Å². The fourth-order valence-corrected chi connectivity index (χ4v) is 2.15. The van der Waals surface area contributed by atoms with Crippen LogP contribution in [0.25, 0.3) is 11.3 Å². The summed E-state index contributed by atoms with van der Waals surface area (Å²) in [6, 6.07) is 9.14. The number of hydrogen-bond acceptors (Lipinski definition) is 5. The van der Waals surface area contributed by atoms with Crippen molar-refractivity contribution in [2.24, 2.45) is 11.8 Å². The van der Waals surface area contributed by atoms with Crippen molar-refractivity contribution >= 4 is 11.9 Å². The minimum atomic E-state index is -0.587. The number of hydrogen-bond donors (Lipinski definition) is 0. The predicted molar refractivity (Wildman–Crippen MR) is 94.4 cm³/mol. The maximum absolute atomic E-state index is 12.6. The molecule has 0 radical (unpaired) electrons. The van der Waals surface area contributed by atoms with E-state index in [1.54, 1.807) is 12.1 Å². The molecular weight excluding hydrogens is 320 g/mol. The number of benzene rings is 1. The van der Waals surface area contributed by atoms with Crippen molar-refractivity contribution in [1.29, 1.82) is 0 Å². The number of rotatable bonds is 7. The molecular formula is C20H24O5. The maximum Gasteiger partial charge on any atom is 0.342 e. The molecule has 0 saturated heterocycles. The van der Waals surface area contributed by atoms with E-state index < -0.39 is 11.9 Å². The first kappa shape index (κ1) is 18.8. The Morgan fingerprint density at radius 1 is 0.920 bits per heavy atom. The van der Waals surface area contributed by atoms with Crippen LogP contribution in [-0.2, 0) is 9.47 Å². The monoisotopic (exact) mass is 344 g/mol. The van der Waals surface area contributed by atoms with Crippen molar-refractivity contribution in [3.05, 3.63) is 47.7 Å². The SMILES string of the molecule is CC(C)COC(=O)c1coc(-c2ccccc2)c1C(=O)OCC(C)C. The molecule has 2 rings (SSSR count). The third-order valence-electron chi connectivity index (χ3n) is 3.35. The van der Waals surface area contributed by atoms with Crippen LogP contribution in [0.3, 0.4) is 0 Å². The summed E-state index contributed by atoms with van der Waals surface area (Å²) in [7, 11) is 0. The molecule has 5 heteroatoms. The predicted octanol–water partition coefficient (Wildman–Crippen LogP) is 4.57. The van der Waals surface area contributed by atoms with Gasteiger partial charge in [-0.1, -0.05) is 58.0 Å². The maximum atomic E-state index is 12.6. The highest BCUT2D eigenvalue weighted by molar-refractivity contribution is 6.07. The Bertz CT molecular complexity index is 713. The molecule has 1 aromatic carbocycles. The Labute approximate surface area is 147 Å². The number of furan rings is 1. The van der Waals surface area contributed by atoms with Crippen LogP contribution in [-0.4, -0.2) is 25.2 Å². The summed E-state index contributed by atoms with van der Waals surface area (Å²) in [6.45, 7) is 8.30. The fourth-order valence-electron chi connectivity index (χ4n) is 2.15. The van der Waals surface area contributed by atoms with E-state index in [1.165, 1.54) is 6.26 Å².